The molecular weight excluding hydrogens is 284 g/mol. The van der Waals surface area contributed by atoms with E-state index in [9.17, 15) is 0 Å². The number of thiazole rings is 1. The zero-order chi connectivity index (χ0) is 15.1. The van der Waals surface area contributed by atoms with Crippen LogP contribution in [-0.2, 0) is 19.6 Å². The average molecular weight is 306 g/mol. The van der Waals surface area contributed by atoms with Crippen LogP contribution in [0.5, 0.6) is 11.5 Å². The van der Waals surface area contributed by atoms with E-state index in [1.54, 1.807) is 11.3 Å². The zero-order valence-electron chi connectivity index (χ0n) is 12.8. The molecule has 0 spiro atoms. The third kappa shape index (κ3) is 4.19. The Balaban J connectivity index is 2.06. The van der Waals surface area contributed by atoms with E-state index in [2.05, 4.69) is 17.2 Å². The Morgan fingerprint density at radius 1 is 1.14 bits per heavy atom. The highest BCUT2D eigenvalue weighted by Gasteiger charge is 2.11. The lowest BCUT2D eigenvalue weighted by Crippen LogP contribution is -2.05. The van der Waals surface area contributed by atoms with Gasteiger partial charge >= 0.3 is 0 Å². The van der Waals surface area contributed by atoms with E-state index < -0.39 is 0 Å². The molecule has 114 valence electrons. The van der Waals surface area contributed by atoms with E-state index in [4.69, 9.17) is 9.47 Å². The fourth-order valence-electron chi connectivity index (χ4n) is 2.06. The second kappa shape index (κ2) is 8.00. The van der Waals surface area contributed by atoms with Crippen LogP contribution in [0.3, 0.4) is 0 Å². The summed E-state index contributed by atoms with van der Waals surface area (Å²) < 4.78 is 11.4. The largest absolute Gasteiger partial charge is 0.490 e. The fraction of sp³-hybridized carbons (Fsp3) is 0.438. The number of nitrogens with one attached hydrogen (secondary N) is 1. The van der Waals surface area contributed by atoms with Gasteiger partial charge in [0.15, 0.2) is 11.5 Å². The van der Waals surface area contributed by atoms with Crippen LogP contribution in [0.2, 0.25) is 0 Å². The third-order valence-electron chi connectivity index (χ3n) is 2.99. The lowest BCUT2D eigenvalue weighted by Gasteiger charge is -2.10. The molecule has 1 aromatic carbocycles. The van der Waals surface area contributed by atoms with Crippen molar-refractivity contribution in [2.75, 3.05) is 13.7 Å². The van der Waals surface area contributed by atoms with Crippen molar-refractivity contribution in [1.29, 1.82) is 0 Å². The summed E-state index contributed by atoms with van der Waals surface area (Å²) in [5, 5.41) is 4.18. The first-order valence-corrected chi connectivity index (χ1v) is 8.06. The van der Waals surface area contributed by atoms with Crippen molar-refractivity contribution in [3.63, 3.8) is 0 Å². The van der Waals surface area contributed by atoms with Gasteiger partial charge in [-0.15, -0.1) is 11.3 Å². The van der Waals surface area contributed by atoms with Crippen LogP contribution in [0.15, 0.2) is 24.3 Å². The fourth-order valence-corrected chi connectivity index (χ4v) is 3.14. The minimum absolute atomic E-state index is 0.478. The summed E-state index contributed by atoms with van der Waals surface area (Å²) in [6.07, 6.45) is 0.947. The van der Waals surface area contributed by atoms with Crippen molar-refractivity contribution in [1.82, 2.24) is 10.3 Å². The second-order valence-electron chi connectivity index (χ2n) is 4.53. The molecule has 0 radical (unpaired) electrons. The lowest BCUT2D eigenvalue weighted by atomic mass is 10.3. The molecule has 0 amide bonds. The van der Waals surface area contributed by atoms with Crippen LogP contribution >= 0.6 is 11.3 Å². The van der Waals surface area contributed by atoms with Crippen molar-refractivity contribution in [2.45, 2.75) is 33.4 Å². The predicted molar refractivity (Wildman–Crippen MR) is 86.2 cm³/mol. The van der Waals surface area contributed by atoms with Gasteiger partial charge in [-0.25, -0.2) is 4.98 Å². The summed E-state index contributed by atoms with van der Waals surface area (Å²) in [4.78, 5) is 5.94. The molecule has 0 bridgehead atoms. The summed E-state index contributed by atoms with van der Waals surface area (Å²) in [5.41, 5.74) is 1.16. The van der Waals surface area contributed by atoms with Crippen LogP contribution in [0.25, 0.3) is 0 Å². The molecule has 21 heavy (non-hydrogen) atoms. The number of ether oxygens (including phenoxy) is 2. The number of hydrogen-bond acceptors (Lipinski definition) is 5. The summed E-state index contributed by atoms with van der Waals surface area (Å²) >= 11 is 1.71. The summed E-state index contributed by atoms with van der Waals surface area (Å²) in [6, 6.07) is 7.74. The first-order valence-electron chi connectivity index (χ1n) is 7.25. The SMILES string of the molecule is CCOc1ccccc1OCc1nc(CC)c(CNC)s1. The number of nitrogens with zero attached hydrogens (tertiary/aromatic N) is 1. The molecule has 0 fully saturated rings. The number of aromatic nitrogens is 1. The molecule has 0 aliphatic carbocycles. The number of benzene rings is 1. The van der Waals surface area contributed by atoms with E-state index in [0.717, 1.165) is 35.2 Å². The van der Waals surface area contributed by atoms with Crippen LogP contribution in [-0.4, -0.2) is 18.6 Å². The molecule has 1 aromatic heterocycles. The van der Waals surface area contributed by atoms with E-state index in [-0.39, 0.29) is 0 Å². The van der Waals surface area contributed by atoms with Crippen LogP contribution in [0, 0.1) is 0 Å². The molecular formula is C16H22N2O2S. The Morgan fingerprint density at radius 3 is 2.48 bits per heavy atom. The van der Waals surface area contributed by atoms with E-state index in [1.165, 1.54) is 4.88 Å². The Bertz CT molecular complexity index is 569. The first kappa shape index (κ1) is 15.8. The van der Waals surface area contributed by atoms with Gasteiger partial charge in [-0.1, -0.05) is 19.1 Å². The molecule has 0 atom stereocenters. The summed E-state index contributed by atoms with van der Waals surface area (Å²) in [7, 11) is 1.95. The van der Waals surface area contributed by atoms with Crippen LogP contribution < -0.4 is 14.8 Å². The van der Waals surface area contributed by atoms with Crippen molar-refractivity contribution >= 4 is 11.3 Å². The van der Waals surface area contributed by atoms with Gasteiger partial charge in [0.05, 0.1) is 12.3 Å². The van der Waals surface area contributed by atoms with Crippen LogP contribution in [0.1, 0.15) is 29.4 Å². The molecule has 1 heterocycles. The number of hydrogen-bond donors (Lipinski definition) is 1. The molecule has 1 N–H and O–H groups in total. The van der Waals surface area contributed by atoms with Gasteiger partial charge in [-0.2, -0.15) is 0 Å². The maximum Gasteiger partial charge on any atom is 0.161 e. The maximum atomic E-state index is 5.87. The van der Waals surface area contributed by atoms with Gasteiger partial charge in [0, 0.05) is 11.4 Å². The van der Waals surface area contributed by atoms with Gasteiger partial charge in [0.1, 0.15) is 11.6 Å². The Hall–Kier alpha value is -1.59. The van der Waals surface area contributed by atoms with E-state index in [0.29, 0.717) is 13.2 Å². The van der Waals surface area contributed by atoms with Gasteiger partial charge in [0.25, 0.3) is 0 Å². The normalized spacial score (nSPS) is 10.6. The lowest BCUT2D eigenvalue weighted by molar-refractivity contribution is 0.269. The van der Waals surface area contributed by atoms with Gasteiger partial charge in [-0.05, 0) is 32.5 Å². The van der Waals surface area contributed by atoms with Gasteiger partial charge in [-0.3, -0.25) is 0 Å². The predicted octanol–water partition coefficient (Wildman–Crippen LogP) is 3.40. The second-order valence-corrected chi connectivity index (χ2v) is 5.70. The Labute approximate surface area is 130 Å². The van der Waals surface area contributed by atoms with Crippen LogP contribution in [0.4, 0.5) is 0 Å². The van der Waals surface area contributed by atoms with E-state index in [1.807, 2.05) is 38.2 Å². The molecule has 0 aliphatic rings. The van der Waals surface area contributed by atoms with Gasteiger partial charge < -0.3 is 14.8 Å². The number of rotatable bonds is 8. The quantitative estimate of drug-likeness (QED) is 0.812. The molecule has 0 aliphatic heterocycles. The highest BCUT2D eigenvalue weighted by Crippen LogP contribution is 2.28. The monoisotopic (exact) mass is 306 g/mol. The minimum Gasteiger partial charge on any atom is -0.490 e. The van der Waals surface area contributed by atoms with Crippen molar-refractivity contribution < 1.29 is 9.47 Å². The zero-order valence-corrected chi connectivity index (χ0v) is 13.6. The van der Waals surface area contributed by atoms with E-state index >= 15 is 0 Å². The summed E-state index contributed by atoms with van der Waals surface area (Å²) in [5.74, 6) is 1.55. The van der Waals surface area contributed by atoms with Crippen molar-refractivity contribution in [2.24, 2.45) is 0 Å². The molecule has 0 saturated carbocycles. The number of aryl methyl sites for hydroxylation is 1. The molecule has 2 rings (SSSR count). The molecule has 0 unspecified atom stereocenters. The van der Waals surface area contributed by atoms with Gasteiger partial charge in [0.2, 0.25) is 0 Å². The first-order chi connectivity index (χ1) is 10.3. The Morgan fingerprint density at radius 2 is 1.86 bits per heavy atom. The third-order valence-corrected chi connectivity index (χ3v) is 4.07. The number of para-hydroxylation sites is 2. The molecule has 0 saturated heterocycles. The molecule has 2 aromatic rings. The topological polar surface area (TPSA) is 43.4 Å². The average Bonchev–Trinajstić information content (AvgIpc) is 2.89. The molecule has 5 heteroatoms. The maximum absolute atomic E-state index is 5.87. The summed E-state index contributed by atoms with van der Waals surface area (Å²) in [6.45, 7) is 6.06. The highest BCUT2D eigenvalue weighted by atomic mass is 32.1. The van der Waals surface area contributed by atoms with Crippen molar-refractivity contribution in [3.8, 4) is 11.5 Å². The minimum atomic E-state index is 0.478. The highest BCUT2D eigenvalue weighted by molar-refractivity contribution is 7.11. The van der Waals surface area contributed by atoms with Crippen molar-refractivity contribution in [3.05, 3.63) is 39.8 Å². The molecule has 4 nitrogen and oxygen atoms in total. The Kier molecular flexibility index (Phi) is 6.02. The smallest absolute Gasteiger partial charge is 0.161 e. The standard InChI is InChI=1S/C16H22N2O2S/c1-4-12-15(10-17-3)21-16(18-12)11-20-14-9-7-6-8-13(14)19-5-2/h6-9,17H,4-5,10-11H2,1-3H3.